The maximum Gasteiger partial charge on any atom is 0.161 e. The summed E-state index contributed by atoms with van der Waals surface area (Å²) in [5.41, 5.74) is 11.1. The summed E-state index contributed by atoms with van der Waals surface area (Å²) in [6.45, 7) is 0.130. The average Bonchev–Trinajstić information content (AvgIpc) is 2.17. The number of ether oxygens (including phenoxy) is 1. The van der Waals surface area contributed by atoms with Crippen molar-refractivity contribution in [2.24, 2.45) is 11.5 Å². The van der Waals surface area contributed by atoms with Crippen molar-refractivity contribution in [1.82, 2.24) is 0 Å². The quantitative estimate of drug-likeness (QED) is 0.663. The summed E-state index contributed by atoms with van der Waals surface area (Å²) in [7, 11) is 1.38. The van der Waals surface area contributed by atoms with Gasteiger partial charge in [-0.15, -0.1) is 0 Å². The van der Waals surface area contributed by atoms with Gasteiger partial charge in [-0.1, -0.05) is 0 Å². The fourth-order valence-electron chi connectivity index (χ4n) is 1.13. The molecule has 4 nitrogen and oxygen atoms in total. The highest BCUT2D eigenvalue weighted by Crippen LogP contribution is 2.30. The molecule has 14 heavy (non-hydrogen) atoms. The van der Waals surface area contributed by atoms with Crippen molar-refractivity contribution in [3.63, 3.8) is 0 Å². The summed E-state index contributed by atoms with van der Waals surface area (Å²) in [5, 5.41) is 9.23. The number of benzene rings is 1. The molecule has 1 atom stereocenters. The van der Waals surface area contributed by atoms with Crippen molar-refractivity contribution in [1.29, 1.82) is 0 Å². The topological polar surface area (TPSA) is 81.5 Å². The fraction of sp³-hybridized carbons (Fsp3) is 0.333. The SMILES string of the molecule is COc1cc(C(N)CN)c(F)cc1O. The molecule has 0 bridgehead atoms. The van der Waals surface area contributed by atoms with E-state index >= 15 is 0 Å². The van der Waals surface area contributed by atoms with Gasteiger partial charge in [0.1, 0.15) is 5.82 Å². The van der Waals surface area contributed by atoms with E-state index in [1.165, 1.54) is 13.2 Å². The predicted octanol–water partition coefficient (Wildman–Crippen LogP) is 0.498. The summed E-state index contributed by atoms with van der Waals surface area (Å²) < 4.78 is 18.1. The summed E-state index contributed by atoms with van der Waals surface area (Å²) in [6, 6.07) is 1.72. The number of rotatable bonds is 3. The Bertz CT molecular complexity index is 331. The standard InChI is InChI=1S/C9H13FN2O2/c1-14-9-2-5(7(12)4-11)6(10)3-8(9)13/h2-3,7,13H,4,11-12H2,1H3. The third kappa shape index (κ3) is 1.94. The molecule has 0 saturated carbocycles. The molecule has 0 heterocycles. The van der Waals surface area contributed by atoms with Gasteiger partial charge in [0, 0.05) is 24.2 Å². The average molecular weight is 200 g/mol. The first-order valence-corrected chi connectivity index (χ1v) is 4.12. The molecule has 0 amide bonds. The highest BCUT2D eigenvalue weighted by atomic mass is 19.1. The minimum absolute atomic E-state index is 0.130. The van der Waals surface area contributed by atoms with Crippen LogP contribution in [0.4, 0.5) is 4.39 Å². The first kappa shape index (κ1) is 10.7. The van der Waals surface area contributed by atoms with Crippen molar-refractivity contribution in [3.05, 3.63) is 23.5 Å². The molecule has 0 saturated heterocycles. The van der Waals surface area contributed by atoms with Crippen LogP contribution in [0.1, 0.15) is 11.6 Å². The first-order chi connectivity index (χ1) is 6.60. The first-order valence-electron chi connectivity index (χ1n) is 4.12. The molecule has 0 radical (unpaired) electrons. The maximum atomic E-state index is 13.3. The molecule has 0 aliphatic heterocycles. The largest absolute Gasteiger partial charge is 0.504 e. The van der Waals surface area contributed by atoms with Gasteiger partial charge in [0.2, 0.25) is 0 Å². The molecule has 1 rings (SSSR count). The highest BCUT2D eigenvalue weighted by Gasteiger charge is 2.14. The predicted molar refractivity (Wildman–Crippen MR) is 50.6 cm³/mol. The van der Waals surface area contributed by atoms with E-state index in [2.05, 4.69) is 0 Å². The Hall–Kier alpha value is -1.33. The Morgan fingerprint density at radius 1 is 1.57 bits per heavy atom. The molecular formula is C9H13FN2O2. The van der Waals surface area contributed by atoms with Gasteiger partial charge in [-0.3, -0.25) is 0 Å². The second kappa shape index (κ2) is 4.26. The van der Waals surface area contributed by atoms with Crippen LogP contribution in [-0.4, -0.2) is 18.8 Å². The van der Waals surface area contributed by atoms with Crippen molar-refractivity contribution in [2.45, 2.75) is 6.04 Å². The summed E-state index contributed by atoms with van der Waals surface area (Å²) in [4.78, 5) is 0. The molecule has 1 aromatic carbocycles. The third-order valence-electron chi connectivity index (χ3n) is 1.95. The Labute approximate surface area is 81.3 Å². The zero-order valence-corrected chi connectivity index (χ0v) is 7.83. The Morgan fingerprint density at radius 2 is 2.21 bits per heavy atom. The number of nitrogens with two attached hydrogens (primary N) is 2. The smallest absolute Gasteiger partial charge is 0.161 e. The van der Waals surface area contributed by atoms with E-state index in [-0.39, 0.29) is 23.6 Å². The fourth-order valence-corrected chi connectivity index (χ4v) is 1.13. The number of phenols is 1. The normalized spacial score (nSPS) is 12.6. The monoisotopic (exact) mass is 200 g/mol. The summed E-state index contributed by atoms with van der Waals surface area (Å²) in [6.07, 6.45) is 0. The van der Waals surface area contributed by atoms with Crippen LogP contribution in [0.2, 0.25) is 0 Å². The van der Waals surface area contributed by atoms with Crippen molar-refractivity contribution >= 4 is 0 Å². The van der Waals surface area contributed by atoms with Crippen LogP contribution >= 0.6 is 0 Å². The minimum Gasteiger partial charge on any atom is -0.504 e. The van der Waals surface area contributed by atoms with Crippen LogP contribution in [0.5, 0.6) is 11.5 Å². The Kier molecular flexibility index (Phi) is 3.27. The van der Waals surface area contributed by atoms with E-state index in [0.29, 0.717) is 0 Å². The lowest BCUT2D eigenvalue weighted by molar-refractivity contribution is 0.369. The molecule has 0 aliphatic rings. The van der Waals surface area contributed by atoms with Crippen molar-refractivity contribution in [2.75, 3.05) is 13.7 Å². The molecular weight excluding hydrogens is 187 g/mol. The number of methoxy groups -OCH3 is 1. The second-order valence-electron chi connectivity index (χ2n) is 2.89. The van der Waals surface area contributed by atoms with Crippen LogP contribution in [-0.2, 0) is 0 Å². The third-order valence-corrected chi connectivity index (χ3v) is 1.95. The van der Waals surface area contributed by atoms with Gasteiger partial charge in [0.05, 0.1) is 7.11 Å². The van der Waals surface area contributed by atoms with E-state index in [1.54, 1.807) is 0 Å². The number of phenolic OH excluding ortho intramolecular Hbond substituents is 1. The maximum absolute atomic E-state index is 13.3. The zero-order valence-electron chi connectivity index (χ0n) is 7.83. The van der Waals surface area contributed by atoms with Gasteiger partial charge >= 0.3 is 0 Å². The van der Waals surface area contributed by atoms with Gasteiger partial charge in [-0.05, 0) is 6.07 Å². The molecule has 5 N–H and O–H groups in total. The highest BCUT2D eigenvalue weighted by molar-refractivity contribution is 5.43. The van der Waals surface area contributed by atoms with Gasteiger partial charge in [0.25, 0.3) is 0 Å². The molecule has 78 valence electrons. The van der Waals surface area contributed by atoms with Gasteiger partial charge in [0.15, 0.2) is 11.5 Å². The van der Waals surface area contributed by atoms with E-state index in [4.69, 9.17) is 16.2 Å². The van der Waals surface area contributed by atoms with Crippen LogP contribution in [0.3, 0.4) is 0 Å². The van der Waals surface area contributed by atoms with E-state index in [0.717, 1.165) is 6.07 Å². The summed E-state index contributed by atoms with van der Waals surface area (Å²) in [5.74, 6) is -0.649. The molecule has 1 aromatic rings. The lowest BCUT2D eigenvalue weighted by Crippen LogP contribution is -2.21. The number of aromatic hydroxyl groups is 1. The van der Waals surface area contributed by atoms with E-state index in [9.17, 15) is 9.50 Å². The molecule has 0 aromatic heterocycles. The van der Waals surface area contributed by atoms with E-state index in [1.807, 2.05) is 0 Å². The number of hydrogen-bond acceptors (Lipinski definition) is 4. The van der Waals surface area contributed by atoms with Crippen LogP contribution < -0.4 is 16.2 Å². The Morgan fingerprint density at radius 3 is 2.71 bits per heavy atom. The molecule has 1 unspecified atom stereocenters. The zero-order chi connectivity index (χ0) is 10.7. The Balaban J connectivity index is 3.17. The van der Waals surface area contributed by atoms with Gasteiger partial charge < -0.3 is 21.3 Å². The number of halogens is 1. The van der Waals surface area contributed by atoms with E-state index < -0.39 is 11.9 Å². The minimum atomic E-state index is -0.593. The molecule has 0 spiro atoms. The number of hydrogen-bond donors (Lipinski definition) is 3. The van der Waals surface area contributed by atoms with Crippen molar-refractivity contribution < 1.29 is 14.2 Å². The lowest BCUT2D eigenvalue weighted by Gasteiger charge is -2.12. The second-order valence-corrected chi connectivity index (χ2v) is 2.89. The van der Waals surface area contributed by atoms with Crippen LogP contribution in [0.15, 0.2) is 12.1 Å². The van der Waals surface area contributed by atoms with Crippen LogP contribution in [0.25, 0.3) is 0 Å². The van der Waals surface area contributed by atoms with Gasteiger partial charge in [-0.2, -0.15) is 0 Å². The van der Waals surface area contributed by atoms with Gasteiger partial charge in [-0.25, -0.2) is 4.39 Å². The van der Waals surface area contributed by atoms with Crippen LogP contribution in [0, 0.1) is 5.82 Å². The summed E-state index contributed by atoms with van der Waals surface area (Å²) >= 11 is 0. The molecule has 0 aliphatic carbocycles. The lowest BCUT2D eigenvalue weighted by atomic mass is 10.1. The van der Waals surface area contributed by atoms with Crippen molar-refractivity contribution in [3.8, 4) is 11.5 Å². The molecule has 0 fully saturated rings. The molecule has 5 heteroatoms.